The van der Waals surface area contributed by atoms with Crippen LogP contribution in [0.15, 0.2) is 79.0 Å². The summed E-state index contributed by atoms with van der Waals surface area (Å²) in [7, 11) is 0.0165. The molecule has 5 rings (SSSR count). The van der Waals surface area contributed by atoms with Gasteiger partial charge in [0.15, 0.2) is 6.20 Å². The molecule has 0 atom stereocenters. The monoisotopic (exact) mass is 417 g/mol. The second-order valence-corrected chi connectivity index (χ2v) is 13.1. The summed E-state index contributed by atoms with van der Waals surface area (Å²) in [6, 6.07) is 28.0. The molecule has 0 aliphatic carbocycles. The van der Waals surface area contributed by atoms with Crippen LogP contribution >= 0.6 is 0 Å². The van der Waals surface area contributed by atoms with Crippen LogP contribution in [0.1, 0.15) is 11.1 Å². The highest BCUT2D eigenvalue weighted by molar-refractivity contribution is 7.05. The quantitative estimate of drug-likeness (QED) is 0.339. The highest BCUT2D eigenvalue weighted by Gasteiger charge is 2.43. The molecule has 4 aromatic rings. The van der Waals surface area contributed by atoms with Crippen molar-refractivity contribution in [3.05, 3.63) is 90.1 Å². The van der Waals surface area contributed by atoms with Crippen LogP contribution in [0.4, 0.5) is 0 Å². The van der Waals surface area contributed by atoms with E-state index in [9.17, 15) is 5.26 Å². The normalized spacial score (nSPS) is 13.4. The van der Waals surface area contributed by atoms with Gasteiger partial charge in [-0.15, -0.1) is 0 Å². The van der Waals surface area contributed by atoms with Crippen LogP contribution in [0.3, 0.4) is 0 Å². The van der Waals surface area contributed by atoms with Gasteiger partial charge in [0.25, 0.3) is 0 Å². The number of aromatic nitrogens is 1. The van der Waals surface area contributed by atoms with E-state index in [2.05, 4.69) is 105 Å². The highest BCUT2D eigenvalue weighted by Crippen LogP contribution is 2.38. The van der Waals surface area contributed by atoms with Gasteiger partial charge >= 0.3 is 0 Å². The zero-order chi connectivity index (χ0) is 21.8. The summed E-state index contributed by atoms with van der Waals surface area (Å²) < 4.78 is 2.22. The molecule has 0 saturated heterocycles. The molecule has 150 valence electrons. The van der Waals surface area contributed by atoms with E-state index in [1.165, 1.54) is 38.3 Å². The summed E-state index contributed by atoms with van der Waals surface area (Å²) in [4.78, 5) is 0. The van der Waals surface area contributed by atoms with E-state index >= 15 is 0 Å². The second-order valence-electron chi connectivity index (χ2n) is 8.89. The van der Waals surface area contributed by atoms with Crippen molar-refractivity contribution >= 4 is 18.4 Å². The van der Waals surface area contributed by atoms with Gasteiger partial charge in [-0.2, -0.15) is 5.26 Å². The molecule has 31 heavy (non-hydrogen) atoms. The molecule has 0 radical (unpaired) electrons. The zero-order valence-corrected chi connectivity index (χ0v) is 19.4. The van der Waals surface area contributed by atoms with E-state index in [1.807, 2.05) is 12.1 Å². The lowest BCUT2D eigenvalue weighted by molar-refractivity contribution is -0.660. The lowest BCUT2D eigenvalue weighted by Crippen LogP contribution is -2.52. The molecule has 0 fully saturated rings. The molecule has 3 aromatic carbocycles. The van der Waals surface area contributed by atoms with E-state index in [0.717, 1.165) is 16.7 Å². The molecule has 3 heteroatoms. The average Bonchev–Trinajstić information content (AvgIpc) is 3.01. The number of aryl methyl sites for hydroxylation is 2. The molecule has 0 bridgehead atoms. The maximum atomic E-state index is 9.97. The summed E-state index contributed by atoms with van der Waals surface area (Å²) in [5.74, 6) is 0. The van der Waals surface area contributed by atoms with E-state index in [-0.39, 0.29) is 0 Å². The van der Waals surface area contributed by atoms with Crippen molar-refractivity contribution in [2.45, 2.75) is 20.0 Å². The van der Waals surface area contributed by atoms with Crippen molar-refractivity contribution in [2.75, 3.05) is 0 Å². The fourth-order valence-electron chi connectivity index (χ4n) is 5.29. The first kappa shape index (κ1) is 19.5. The Morgan fingerprint density at radius 2 is 1.42 bits per heavy atom. The van der Waals surface area contributed by atoms with Crippen molar-refractivity contribution in [1.82, 2.24) is 0 Å². The van der Waals surface area contributed by atoms with Crippen LogP contribution in [-0.2, 0) is 7.05 Å². The molecule has 2 heterocycles. The van der Waals surface area contributed by atoms with Gasteiger partial charge in [0.2, 0.25) is 5.69 Å². The Bertz CT molecular complexity index is 1380. The average molecular weight is 418 g/mol. The molecule has 0 unspecified atom stereocenters. The summed E-state index contributed by atoms with van der Waals surface area (Å²) >= 11 is 0. The lowest BCUT2D eigenvalue weighted by Gasteiger charge is -2.25. The van der Waals surface area contributed by atoms with Crippen molar-refractivity contribution in [1.29, 1.82) is 5.26 Å². The third-order valence-corrected chi connectivity index (χ3v) is 10.2. The van der Waals surface area contributed by atoms with Crippen molar-refractivity contribution in [3.8, 4) is 39.6 Å². The molecule has 1 aliphatic rings. The Morgan fingerprint density at radius 3 is 2.10 bits per heavy atom. The topological polar surface area (TPSA) is 27.7 Å². The van der Waals surface area contributed by atoms with Crippen molar-refractivity contribution < 1.29 is 4.57 Å². The van der Waals surface area contributed by atoms with Crippen molar-refractivity contribution in [2.24, 2.45) is 7.05 Å². The van der Waals surface area contributed by atoms with Crippen molar-refractivity contribution in [3.63, 3.8) is 0 Å². The fourth-order valence-corrected chi connectivity index (χ4v) is 9.18. The molecule has 1 aromatic heterocycles. The Hall–Kier alpha value is -3.48. The predicted octanol–water partition coefficient (Wildman–Crippen LogP) is 4.83. The smallest absolute Gasteiger partial charge is 0.201 e. The van der Waals surface area contributed by atoms with E-state index in [4.69, 9.17) is 0 Å². The minimum absolute atomic E-state index is 0.766. The Kier molecular flexibility index (Phi) is 4.42. The van der Waals surface area contributed by atoms with Gasteiger partial charge in [0.1, 0.15) is 15.1 Å². The standard InChI is InChI=1S/C28H25N2Si/c1-19-13-15-22-23-16-14-21(18-29)26(20-10-6-5-7-11-20)28(23)31(3,4)27(22)25(19)24-12-8-9-17-30(24)2/h5-17H,1-4H3/q+1. The summed E-state index contributed by atoms with van der Waals surface area (Å²) in [6.45, 7) is 7.10. The number of hydrogen-bond donors (Lipinski definition) is 0. The second kappa shape index (κ2) is 7.04. The number of hydrogen-bond acceptors (Lipinski definition) is 1. The van der Waals surface area contributed by atoms with Gasteiger partial charge in [0.05, 0.1) is 11.6 Å². The first-order valence-electron chi connectivity index (χ1n) is 10.7. The van der Waals surface area contributed by atoms with Gasteiger partial charge in [-0.3, -0.25) is 0 Å². The van der Waals surface area contributed by atoms with Gasteiger partial charge in [-0.1, -0.05) is 61.6 Å². The first-order valence-corrected chi connectivity index (χ1v) is 13.7. The molecule has 0 spiro atoms. The van der Waals surface area contributed by atoms with Gasteiger partial charge in [0, 0.05) is 17.7 Å². The molecular weight excluding hydrogens is 392 g/mol. The van der Waals surface area contributed by atoms with E-state index in [1.54, 1.807) is 0 Å². The SMILES string of the molecule is Cc1ccc2c(c1-c1cccc[n+]1C)[Si](C)(C)c1c-2ccc(C#N)c1-c1ccccc1. The molecule has 0 N–H and O–H groups in total. The summed E-state index contributed by atoms with van der Waals surface area (Å²) in [5, 5.41) is 12.8. The number of benzene rings is 3. The summed E-state index contributed by atoms with van der Waals surface area (Å²) in [5.41, 5.74) is 9.54. The molecule has 0 amide bonds. The number of nitrogens with zero attached hydrogens (tertiary/aromatic N) is 2. The fraction of sp³-hybridized carbons (Fsp3) is 0.143. The minimum atomic E-state index is -2.10. The van der Waals surface area contributed by atoms with E-state index < -0.39 is 8.07 Å². The van der Waals surface area contributed by atoms with Crippen LogP contribution < -0.4 is 14.9 Å². The predicted molar refractivity (Wildman–Crippen MR) is 130 cm³/mol. The van der Waals surface area contributed by atoms with Gasteiger partial charge in [-0.25, -0.2) is 4.57 Å². The Labute approximate surface area is 185 Å². The molecule has 0 saturated carbocycles. The summed E-state index contributed by atoms with van der Waals surface area (Å²) in [6.07, 6.45) is 2.12. The maximum Gasteiger partial charge on any atom is 0.212 e. The number of nitriles is 1. The third kappa shape index (κ3) is 2.79. The van der Waals surface area contributed by atoms with Crippen LogP contribution in [0.5, 0.6) is 0 Å². The van der Waals surface area contributed by atoms with Crippen LogP contribution in [0.25, 0.3) is 33.5 Å². The molecule has 2 nitrogen and oxygen atoms in total. The maximum absolute atomic E-state index is 9.97. The number of rotatable bonds is 2. The minimum Gasteiger partial charge on any atom is -0.201 e. The largest absolute Gasteiger partial charge is 0.212 e. The van der Waals surface area contributed by atoms with Gasteiger partial charge in [-0.05, 0) is 57.2 Å². The lowest BCUT2D eigenvalue weighted by atomic mass is 9.93. The Morgan fingerprint density at radius 1 is 0.774 bits per heavy atom. The third-order valence-electron chi connectivity index (χ3n) is 6.65. The van der Waals surface area contributed by atoms with Gasteiger partial charge < -0.3 is 0 Å². The highest BCUT2D eigenvalue weighted by atomic mass is 28.3. The van der Waals surface area contributed by atoms with Crippen LogP contribution in [0, 0.1) is 18.3 Å². The number of fused-ring (bicyclic) bond motifs is 3. The number of pyridine rings is 1. The zero-order valence-electron chi connectivity index (χ0n) is 18.4. The first-order chi connectivity index (χ1) is 14.9. The van der Waals surface area contributed by atoms with Crippen LogP contribution in [0.2, 0.25) is 13.1 Å². The van der Waals surface area contributed by atoms with Crippen LogP contribution in [-0.4, -0.2) is 8.07 Å². The molecule has 1 aliphatic heterocycles. The van der Waals surface area contributed by atoms with E-state index in [0.29, 0.717) is 0 Å². The molecular formula is C28H25N2Si+. The Balaban J connectivity index is 1.89.